The lowest BCUT2D eigenvalue weighted by molar-refractivity contribution is 0.103. The van der Waals surface area contributed by atoms with E-state index in [2.05, 4.69) is 0 Å². The molecule has 2 aromatic carbocycles. The predicted molar refractivity (Wildman–Crippen MR) is 111 cm³/mol. The summed E-state index contributed by atoms with van der Waals surface area (Å²) in [6.07, 6.45) is 12.1. The lowest BCUT2D eigenvalue weighted by atomic mass is 9.83. The SMILES string of the molecule is O=C(c1ccc(C2CCCCC2)cc1O)c1ccc(C2CCCCC2)cc1O. The number of carbonyl (C=O) groups excluding carboxylic acids is 1. The minimum Gasteiger partial charge on any atom is -0.507 e. The first-order valence-electron chi connectivity index (χ1n) is 10.8. The summed E-state index contributed by atoms with van der Waals surface area (Å²) in [5, 5.41) is 21.0. The van der Waals surface area contributed by atoms with E-state index in [0.29, 0.717) is 11.8 Å². The van der Waals surface area contributed by atoms with Gasteiger partial charge in [0.15, 0.2) is 5.78 Å². The number of aromatic hydroxyl groups is 2. The molecule has 3 nitrogen and oxygen atoms in total. The summed E-state index contributed by atoms with van der Waals surface area (Å²) in [5.41, 5.74) is 2.76. The van der Waals surface area contributed by atoms with E-state index in [1.807, 2.05) is 12.1 Å². The summed E-state index contributed by atoms with van der Waals surface area (Å²) in [4.78, 5) is 12.9. The normalized spacial score (nSPS) is 18.9. The number of hydrogen-bond acceptors (Lipinski definition) is 3. The van der Waals surface area contributed by atoms with Crippen LogP contribution in [0.1, 0.15) is 103 Å². The molecule has 0 atom stereocenters. The average Bonchev–Trinajstić information content (AvgIpc) is 2.74. The van der Waals surface area contributed by atoms with E-state index in [1.165, 1.54) is 38.5 Å². The fourth-order valence-corrected chi connectivity index (χ4v) is 5.01. The van der Waals surface area contributed by atoms with Gasteiger partial charge in [-0.25, -0.2) is 0 Å². The van der Waals surface area contributed by atoms with E-state index in [4.69, 9.17) is 0 Å². The Kier molecular flexibility index (Phi) is 5.70. The quantitative estimate of drug-likeness (QED) is 0.603. The molecule has 0 bridgehead atoms. The number of benzene rings is 2. The molecule has 2 fully saturated rings. The zero-order valence-electron chi connectivity index (χ0n) is 16.5. The smallest absolute Gasteiger partial charge is 0.200 e. The number of ketones is 1. The molecule has 0 aliphatic heterocycles. The third kappa shape index (κ3) is 3.94. The molecule has 28 heavy (non-hydrogen) atoms. The Labute approximate surface area is 167 Å². The van der Waals surface area contributed by atoms with Gasteiger partial charge >= 0.3 is 0 Å². The number of phenolic OH excluding ortho intramolecular Hbond substituents is 2. The molecule has 3 heteroatoms. The molecule has 0 amide bonds. The molecule has 4 rings (SSSR count). The highest BCUT2D eigenvalue weighted by Gasteiger charge is 2.22. The molecule has 0 saturated heterocycles. The minimum absolute atomic E-state index is 0.0174. The first kappa shape index (κ1) is 19.0. The maximum atomic E-state index is 12.9. The van der Waals surface area contributed by atoms with Gasteiger partial charge in [0.1, 0.15) is 11.5 Å². The summed E-state index contributed by atoms with van der Waals surface area (Å²) in [6.45, 7) is 0. The summed E-state index contributed by atoms with van der Waals surface area (Å²) in [7, 11) is 0. The predicted octanol–water partition coefficient (Wildman–Crippen LogP) is 6.42. The summed E-state index contributed by atoms with van der Waals surface area (Å²) in [6, 6.07) is 10.9. The molecule has 0 spiro atoms. The monoisotopic (exact) mass is 378 g/mol. The first-order chi connectivity index (χ1) is 13.6. The van der Waals surface area contributed by atoms with Gasteiger partial charge in [-0.15, -0.1) is 0 Å². The van der Waals surface area contributed by atoms with Crippen molar-refractivity contribution in [3.05, 3.63) is 58.7 Å². The topological polar surface area (TPSA) is 57.5 Å². The van der Waals surface area contributed by atoms with E-state index in [1.54, 1.807) is 24.3 Å². The second kappa shape index (κ2) is 8.38. The average molecular weight is 379 g/mol. The van der Waals surface area contributed by atoms with Gasteiger partial charge in [-0.2, -0.15) is 0 Å². The standard InChI is InChI=1S/C25H30O3/c26-23-15-19(17-7-3-1-4-8-17)11-13-21(23)25(28)22-14-12-20(16-24(22)27)18-9-5-2-6-10-18/h11-18,26-27H,1-10H2. The van der Waals surface area contributed by atoms with Crippen molar-refractivity contribution in [1.29, 1.82) is 0 Å². The van der Waals surface area contributed by atoms with Crippen LogP contribution in [0.15, 0.2) is 36.4 Å². The van der Waals surface area contributed by atoms with Gasteiger partial charge in [0, 0.05) is 0 Å². The minimum atomic E-state index is -0.319. The largest absolute Gasteiger partial charge is 0.507 e. The highest BCUT2D eigenvalue weighted by Crippen LogP contribution is 2.37. The van der Waals surface area contributed by atoms with Gasteiger partial charge in [0.05, 0.1) is 11.1 Å². The molecular formula is C25H30O3. The molecule has 2 aliphatic carbocycles. The number of phenols is 2. The Morgan fingerprint density at radius 2 is 1.04 bits per heavy atom. The third-order valence-corrected chi connectivity index (χ3v) is 6.69. The van der Waals surface area contributed by atoms with Crippen molar-refractivity contribution in [3.63, 3.8) is 0 Å². The van der Waals surface area contributed by atoms with Crippen LogP contribution >= 0.6 is 0 Å². The van der Waals surface area contributed by atoms with Crippen LogP contribution in [-0.2, 0) is 0 Å². The maximum Gasteiger partial charge on any atom is 0.200 e. The van der Waals surface area contributed by atoms with Crippen LogP contribution in [0, 0.1) is 0 Å². The van der Waals surface area contributed by atoms with Crippen molar-refractivity contribution in [1.82, 2.24) is 0 Å². The van der Waals surface area contributed by atoms with E-state index >= 15 is 0 Å². The molecule has 2 aromatic rings. The van der Waals surface area contributed by atoms with Gasteiger partial charge in [0.25, 0.3) is 0 Å². The molecule has 0 radical (unpaired) electrons. The van der Waals surface area contributed by atoms with Gasteiger partial charge in [-0.3, -0.25) is 4.79 Å². The Morgan fingerprint density at radius 3 is 1.39 bits per heavy atom. The molecule has 2 saturated carbocycles. The van der Waals surface area contributed by atoms with Crippen molar-refractivity contribution in [2.75, 3.05) is 0 Å². The number of carbonyl (C=O) groups is 1. The Bertz CT molecular complexity index is 773. The Hall–Kier alpha value is -2.29. The van der Waals surface area contributed by atoms with Crippen LogP contribution in [0.3, 0.4) is 0 Å². The maximum absolute atomic E-state index is 12.9. The first-order valence-corrected chi connectivity index (χ1v) is 10.8. The van der Waals surface area contributed by atoms with Crippen LogP contribution in [0.25, 0.3) is 0 Å². The number of hydrogen-bond donors (Lipinski definition) is 2. The molecule has 0 heterocycles. The van der Waals surface area contributed by atoms with Gasteiger partial charge in [-0.1, -0.05) is 50.7 Å². The second-order valence-corrected chi connectivity index (χ2v) is 8.55. The van der Waals surface area contributed by atoms with Crippen molar-refractivity contribution in [3.8, 4) is 11.5 Å². The van der Waals surface area contributed by atoms with E-state index in [-0.39, 0.29) is 28.4 Å². The van der Waals surface area contributed by atoms with Crippen molar-refractivity contribution < 1.29 is 15.0 Å². The molecule has 0 unspecified atom stereocenters. The van der Waals surface area contributed by atoms with Crippen molar-refractivity contribution in [2.45, 2.75) is 76.0 Å². The lowest BCUT2D eigenvalue weighted by Gasteiger charge is -2.23. The van der Waals surface area contributed by atoms with Crippen molar-refractivity contribution >= 4 is 5.78 Å². The van der Waals surface area contributed by atoms with Gasteiger partial charge in [-0.05, 0) is 72.9 Å². The van der Waals surface area contributed by atoms with Gasteiger partial charge < -0.3 is 10.2 Å². The van der Waals surface area contributed by atoms with E-state index < -0.39 is 0 Å². The zero-order chi connectivity index (χ0) is 19.5. The fraction of sp³-hybridized carbons (Fsp3) is 0.480. The highest BCUT2D eigenvalue weighted by molar-refractivity contribution is 6.12. The zero-order valence-corrected chi connectivity index (χ0v) is 16.5. The second-order valence-electron chi connectivity index (χ2n) is 8.55. The Balaban J connectivity index is 1.55. The summed E-state index contributed by atoms with van der Waals surface area (Å²) < 4.78 is 0. The lowest BCUT2D eigenvalue weighted by Crippen LogP contribution is -2.08. The van der Waals surface area contributed by atoms with E-state index in [9.17, 15) is 15.0 Å². The molecule has 148 valence electrons. The van der Waals surface area contributed by atoms with Crippen LogP contribution in [-0.4, -0.2) is 16.0 Å². The molecule has 0 aromatic heterocycles. The number of rotatable bonds is 4. The molecule has 2 N–H and O–H groups in total. The summed E-state index contributed by atoms with van der Waals surface area (Å²) in [5.74, 6) is 0.673. The summed E-state index contributed by atoms with van der Waals surface area (Å²) >= 11 is 0. The third-order valence-electron chi connectivity index (χ3n) is 6.69. The van der Waals surface area contributed by atoms with Gasteiger partial charge in [0.2, 0.25) is 0 Å². The van der Waals surface area contributed by atoms with E-state index in [0.717, 1.165) is 36.8 Å². The van der Waals surface area contributed by atoms with Crippen LogP contribution in [0.5, 0.6) is 11.5 Å². The molecular weight excluding hydrogens is 348 g/mol. The molecule has 2 aliphatic rings. The van der Waals surface area contributed by atoms with Crippen molar-refractivity contribution in [2.24, 2.45) is 0 Å². The van der Waals surface area contributed by atoms with Crippen LogP contribution in [0.4, 0.5) is 0 Å². The van der Waals surface area contributed by atoms with Crippen LogP contribution < -0.4 is 0 Å². The Morgan fingerprint density at radius 1 is 0.643 bits per heavy atom. The van der Waals surface area contributed by atoms with Crippen LogP contribution in [0.2, 0.25) is 0 Å². The highest BCUT2D eigenvalue weighted by atomic mass is 16.3. The fourth-order valence-electron chi connectivity index (χ4n) is 5.01.